The van der Waals surface area contributed by atoms with Gasteiger partial charge in [0.1, 0.15) is 11.6 Å². The summed E-state index contributed by atoms with van der Waals surface area (Å²) in [7, 11) is 1.54. The molecule has 0 radical (unpaired) electrons. The van der Waals surface area contributed by atoms with E-state index in [0.29, 0.717) is 13.1 Å². The Kier molecular flexibility index (Phi) is 3.62. The standard InChI is InChI=1S/C10H13FN2O2/c1-13(5-4-12)10(15)8-6-7(11)2-3-9(8)14/h2-3,6,14H,4-5,12H2,1H3. The first kappa shape index (κ1) is 11.5. The Hall–Kier alpha value is -1.62. The van der Waals surface area contributed by atoms with Gasteiger partial charge in [0.15, 0.2) is 0 Å². The van der Waals surface area contributed by atoms with Crippen LogP contribution >= 0.6 is 0 Å². The van der Waals surface area contributed by atoms with Crippen LogP contribution in [0, 0.1) is 5.82 Å². The summed E-state index contributed by atoms with van der Waals surface area (Å²) in [5, 5.41) is 9.38. The molecule has 0 saturated heterocycles. The number of amides is 1. The molecule has 1 rings (SSSR count). The van der Waals surface area contributed by atoms with Gasteiger partial charge in [-0.2, -0.15) is 0 Å². The number of hydrogen-bond donors (Lipinski definition) is 2. The SMILES string of the molecule is CN(CCN)C(=O)c1cc(F)ccc1O. The smallest absolute Gasteiger partial charge is 0.257 e. The monoisotopic (exact) mass is 212 g/mol. The molecule has 4 nitrogen and oxygen atoms in total. The third-order valence-corrected chi connectivity index (χ3v) is 2.00. The Morgan fingerprint density at radius 1 is 1.60 bits per heavy atom. The molecule has 3 N–H and O–H groups in total. The summed E-state index contributed by atoms with van der Waals surface area (Å²) in [6.07, 6.45) is 0. The number of carbonyl (C=O) groups is 1. The highest BCUT2D eigenvalue weighted by molar-refractivity contribution is 5.96. The van der Waals surface area contributed by atoms with Crippen LogP contribution in [0.25, 0.3) is 0 Å². The number of nitrogens with zero attached hydrogens (tertiary/aromatic N) is 1. The average Bonchev–Trinajstić information content (AvgIpc) is 2.21. The number of carbonyl (C=O) groups excluding carboxylic acids is 1. The fourth-order valence-electron chi connectivity index (χ4n) is 1.18. The van der Waals surface area contributed by atoms with Gasteiger partial charge in [0.05, 0.1) is 5.56 Å². The molecule has 1 aromatic rings. The number of halogens is 1. The Morgan fingerprint density at radius 3 is 2.87 bits per heavy atom. The van der Waals surface area contributed by atoms with Gasteiger partial charge in [-0.25, -0.2) is 4.39 Å². The highest BCUT2D eigenvalue weighted by Crippen LogP contribution is 2.19. The maximum atomic E-state index is 12.9. The van der Waals surface area contributed by atoms with Crippen molar-refractivity contribution in [1.82, 2.24) is 4.90 Å². The van der Waals surface area contributed by atoms with Gasteiger partial charge in [-0.3, -0.25) is 4.79 Å². The summed E-state index contributed by atoms with van der Waals surface area (Å²) in [5.74, 6) is -1.24. The molecule has 0 fully saturated rings. The average molecular weight is 212 g/mol. The number of phenols is 1. The fourth-order valence-corrected chi connectivity index (χ4v) is 1.18. The van der Waals surface area contributed by atoms with E-state index in [4.69, 9.17) is 5.73 Å². The second-order valence-corrected chi connectivity index (χ2v) is 3.18. The largest absolute Gasteiger partial charge is 0.507 e. The van der Waals surface area contributed by atoms with Gasteiger partial charge in [-0.05, 0) is 18.2 Å². The molecular weight excluding hydrogens is 199 g/mol. The van der Waals surface area contributed by atoms with E-state index in [1.165, 1.54) is 4.90 Å². The number of rotatable bonds is 3. The third kappa shape index (κ3) is 2.66. The minimum Gasteiger partial charge on any atom is -0.507 e. The molecule has 1 aromatic carbocycles. The lowest BCUT2D eigenvalue weighted by atomic mass is 10.1. The predicted molar refractivity (Wildman–Crippen MR) is 54.1 cm³/mol. The molecule has 15 heavy (non-hydrogen) atoms. The molecular formula is C10H13FN2O2. The van der Waals surface area contributed by atoms with E-state index in [2.05, 4.69) is 0 Å². The third-order valence-electron chi connectivity index (χ3n) is 2.00. The minimum atomic E-state index is -0.558. The van der Waals surface area contributed by atoms with E-state index in [1.807, 2.05) is 0 Å². The number of nitrogens with two attached hydrogens (primary N) is 1. The van der Waals surface area contributed by atoms with Crippen LogP contribution in [0.4, 0.5) is 4.39 Å². The highest BCUT2D eigenvalue weighted by Gasteiger charge is 2.15. The van der Waals surface area contributed by atoms with Crippen molar-refractivity contribution in [2.24, 2.45) is 5.73 Å². The van der Waals surface area contributed by atoms with Gasteiger partial charge in [0.25, 0.3) is 5.91 Å². The van der Waals surface area contributed by atoms with Crippen molar-refractivity contribution in [2.45, 2.75) is 0 Å². The molecule has 0 spiro atoms. The Morgan fingerprint density at radius 2 is 2.27 bits per heavy atom. The second-order valence-electron chi connectivity index (χ2n) is 3.18. The van der Waals surface area contributed by atoms with E-state index >= 15 is 0 Å². The van der Waals surface area contributed by atoms with Crippen LogP contribution in [0.15, 0.2) is 18.2 Å². The normalized spacial score (nSPS) is 10.1. The quantitative estimate of drug-likeness (QED) is 0.769. The van der Waals surface area contributed by atoms with Gasteiger partial charge in [-0.15, -0.1) is 0 Å². The lowest BCUT2D eigenvalue weighted by molar-refractivity contribution is 0.0795. The number of phenolic OH excluding ortho intramolecular Hbond substituents is 1. The van der Waals surface area contributed by atoms with Crippen LogP contribution < -0.4 is 5.73 Å². The number of likely N-dealkylation sites (N-methyl/N-ethyl adjacent to an activating group) is 1. The van der Waals surface area contributed by atoms with E-state index < -0.39 is 11.7 Å². The summed E-state index contributed by atoms with van der Waals surface area (Å²) < 4.78 is 12.9. The molecule has 0 heterocycles. The van der Waals surface area contributed by atoms with Gasteiger partial charge in [0, 0.05) is 20.1 Å². The molecule has 0 saturated carbocycles. The molecule has 0 bridgehead atoms. The Balaban J connectivity index is 2.95. The van der Waals surface area contributed by atoms with Crippen molar-refractivity contribution >= 4 is 5.91 Å². The lowest BCUT2D eigenvalue weighted by Gasteiger charge is -2.16. The maximum absolute atomic E-state index is 12.9. The van der Waals surface area contributed by atoms with Crippen LogP contribution in [-0.4, -0.2) is 36.1 Å². The van der Waals surface area contributed by atoms with E-state index in [0.717, 1.165) is 18.2 Å². The van der Waals surface area contributed by atoms with Gasteiger partial charge < -0.3 is 15.7 Å². The molecule has 1 amide bonds. The molecule has 0 aliphatic heterocycles. The molecule has 0 aliphatic rings. The zero-order valence-electron chi connectivity index (χ0n) is 8.40. The fraction of sp³-hybridized carbons (Fsp3) is 0.300. The first-order chi connectivity index (χ1) is 7.06. The van der Waals surface area contributed by atoms with E-state index in [-0.39, 0.29) is 11.3 Å². The second kappa shape index (κ2) is 4.75. The van der Waals surface area contributed by atoms with Crippen LogP contribution in [0.3, 0.4) is 0 Å². The molecule has 0 aromatic heterocycles. The number of aromatic hydroxyl groups is 1. The number of benzene rings is 1. The topological polar surface area (TPSA) is 66.6 Å². The summed E-state index contributed by atoms with van der Waals surface area (Å²) in [6.45, 7) is 0.674. The molecule has 0 atom stereocenters. The first-order valence-corrected chi connectivity index (χ1v) is 4.50. The van der Waals surface area contributed by atoms with Crippen molar-refractivity contribution in [2.75, 3.05) is 20.1 Å². The summed E-state index contributed by atoms with van der Waals surface area (Å²) in [6, 6.07) is 3.25. The minimum absolute atomic E-state index is 0.0500. The van der Waals surface area contributed by atoms with Gasteiger partial charge >= 0.3 is 0 Å². The molecule has 5 heteroatoms. The summed E-state index contributed by atoms with van der Waals surface area (Å²) >= 11 is 0. The van der Waals surface area contributed by atoms with E-state index in [1.54, 1.807) is 7.05 Å². The van der Waals surface area contributed by atoms with Gasteiger partial charge in [-0.1, -0.05) is 0 Å². The Labute approximate surface area is 87.1 Å². The predicted octanol–water partition coefficient (Wildman–Crippen LogP) is 0.562. The van der Waals surface area contributed by atoms with Crippen molar-refractivity contribution in [3.8, 4) is 5.75 Å². The van der Waals surface area contributed by atoms with Crippen molar-refractivity contribution in [1.29, 1.82) is 0 Å². The van der Waals surface area contributed by atoms with Gasteiger partial charge in [0.2, 0.25) is 0 Å². The van der Waals surface area contributed by atoms with Crippen molar-refractivity contribution in [3.63, 3.8) is 0 Å². The van der Waals surface area contributed by atoms with Crippen LogP contribution in [0.2, 0.25) is 0 Å². The van der Waals surface area contributed by atoms with Crippen LogP contribution in [0.1, 0.15) is 10.4 Å². The number of hydrogen-bond acceptors (Lipinski definition) is 3. The lowest BCUT2D eigenvalue weighted by Crippen LogP contribution is -2.31. The first-order valence-electron chi connectivity index (χ1n) is 4.50. The maximum Gasteiger partial charge on any atom is 0.257 e. The summed E-state index contributed by atoms with van der Waals surface area (Å²) in [5.41, 5.74) is 5.23. The zero-order chi connectivity index (χ0) is 11.4. The molecule has 0 unspecified atom stereocenters. The molecule has 0 aliphatic carbocycles. The molecule has 82 valence electrons. The van der Waals surface area contributed by atoms with Crippen LogP contribution in [0.5, 0.6) is 5.75 Å². The van der Waals surface area contributed by atoms with Crippen molar-refractivity contribution in [3.05, 3.63) is 29.6 Å². The van der Waals surface area contributed by atoms with E-state index in [9.17, 15) is 14.3 Å². The van der Waals surface area contributed by atoms with Crippen molar-refractivity contribution < 1.29 is 14.3 Å². The zero-order valence-corrected chi connectivity index (χ0v) is 8.40. The highest BCUT2D eigenvalue weighted by atomic mass is 19.1. The van der Waals surface area contributed by atoms with Crippen LogP contribution in [-0.2, 0) is 0 Å². The summed E-state index contributed by atoms with van der Waals surface area (Å²) in [4.78, 5) is 13.0. The Bertz CT molecular complexity index is 368.